The summed E-state index contributed by atoms with van der Waals surface area (Å²) in [5.74, 6) is -0.955. The summed E-state index contributed by atoms with van der Waals surface area (Å²) in [5.41, 5.74) is 1.74. The van der Waals surface area contributed by atoms with E-state index in [0.717, 1.165) is 29.3 Å². The van der Waals surface area contributed by atoms with Crippen LogP contribution in [-0.2, 0) is 6.54 Å². The van der Waals surface area contributed by atoms with E-state index in [2.05, 4.69) is 15.3 Å². The number of hydrogen-bond acceptors (Lipinski definition) is 5. The van der Waals surface area contributed by atoms with Crippen LogP contribution in [0.2, 0.25) is 0 Å². The molecule has 0 fully saturated rings. The summed E-state index contributed by atoms with van der Waals surface area (Å²) in [6, 6.07) is 0. The smallest absolute Gasteiger partial charge is 0.347 e. The first-order valence-corrected chi connectivity index (χ1v) is 6.20. The van der Waals surface area contributed by atoms with Gasteiger partial charge < -0.3 is 5.11 Å². The van der Waals surface area contributed by atoms with Crippen molar-refractivity contribution in [3.63, 3.8) is 0 Å². The molecule has 0 aliphatic carbocycles. The van der Waals surface area contributed by atoms with Gasteiger partial charge in [0.15, 0.2) is 0 Å². The van der Waals surface area contributed by atoms with Gasteiger partial charge in [0.25, 0.3) is 0 Å². The average Bonchev–Trinajstić information content (AvgIpc) is 2.93. The standard InChI is InChI=1S/C11H12N4O2S/c1-3-15-8(7(2)13-14-15)4-5-10-12-6-9(18-10)11(16)17/h4-6H,3H2,1-2H3,(H,16,17)/b5-4+. The second-order valence-electron chi connectivity index (χ2n) is 3.58. The van der Waals surface area contributed by atoms with Gasteiger partial charge in [-0.05, 0) is 26.0 Å². The van der Waals surface area contributed by atoms with Crippen LogP contribution in [0.15, 0.2) is 6.20 Å². The van der Waals surface area contributed by atoms with Crippen LogP contribution < -0.4 is 0 Å². The van der Waals surface area contributed by atoms with Gasteiger partial charge in [-0.1, -0.05) is 5.21 Å². The fourth-order valence-corrected chi connectivity index (χ4v) is 2.12. The highest BCUT2D eigenvalue weighted by molar-refractivity contribution is 7.14. The highest BCUT2D eigenvalue weighted by atomic mass is 32.1. The van der Waals surface area contributed by atoms with Gasteiger partial charge in [0.2, 0.25) is 0 Å². The first kappa shape index (κ1) is 12.4. The van der Waals surface area contributed by atoms with E-state index >= 15 is 0 Å². The molecular weight excluding hydrogens is 252 g/mol. The Morgan fingerprint density at radius 3 is 2.94 bits per heavy atom. The third kappa shape index (κ3) is 2.45. The van der Waals surface area contributed by atoms with Crippen molar-refractivity contribution in [1.82, 2.24) is 20.0 Å². The van der Waals surface area contributed by atoms with Gasteiger partial charge >= 0.3 is 5.97 Å². The molecule has 0 saturated carbocycles. The second kappa shape index (κ2) is 5.09. The highest BCUT2D eigenvalue weighted by Crippen LogP contribution is 2.16. The number of aryl methyl sites for hydroxylation is 2. The van der Waals surface area contributed by atoms with E-state index in [-0.39, 0.29) is 4.88 Å². The van der Waals surface area contributed by atoms with Crippen LogP contribution in [0.1, 0.15) is 33.0 Å². The van der Waals surface area contributed by atoms with Gasteiger partial charge in [-0.2, -0.15) is 0 Å². The van der Waals surface area contributed by atoms with Gasteiger partial charge in [0.1, 0.15) is 9.88 Å². The Bertz CT molecular complexity index is 600. The zero-order valence-corrected chi connectivity index (χ0v) is 10.8. The first-order valence-electron chi connectivity index (χ1n) is 5.39. The summed E-state index contributed by atoms with van der Waals surface area (Å²) >= 11 is 1.13. The number of thiazole rings is 1. The number of aromatic nitrogens is 4. The zero-order valence-electron chi connectivity index (χ0n) is 9.99. The van der Waals surface area contributed by atoms with Crippen LogP contribution in [0, 0.1) is 6.92 Å². The van der Waals surface area contributed by atoms with Gasteiger partial charge in [-0.3, -0.25) is 0 Å². The first-order chi connectivity index (χ1) is 8.61. The maximum Gasteiger partial charge on any atom is 0.347 e. The Balaban J connectivity index is 2.24. The molecule has 0 bridgehead atoms. The molecule has 0 aliphatic rings. The molecule has 0 radical (unpaired) electrons. The Morgan fingerprint density at radius 2 is 2.33 bits per heavy atom. The van der Waals surface area contributed by atoms with Crippen LogP contribution in [0.5, 0.6) is 0 Å². The Morgan fingerprint density at radius 1 is 1.56 bits per heavy atom. The van der Waals surface area contributed by atoms with Gasteiger partial charge in [-0.25, -0.2) is 14.5 Å². The molecule has 2 aromatic heterocycles. The van der Waals surface area contributed by atoms with Crippen molar-refractivity contribution in [1.29, 1.82) is 0 Å². The lowest BCUT2D eigenvalue weighted by atomic mass is 10.3. The van der Waals surface area contributed by atoms with Crippen molar-refractivity contribution in [2.24, 2.45) is 0 Å². The highest BCUT2D eigenvalue weighted by Gasteiger charge is 2.07. The van der Waals surface area contributed by atoms with Gasteiger partial charge in [0, 0.05) is 6.54 Å². The molecule has 0 amide bonds. The summed E-state index contributed by atoms with van der Waals surface area (Å²) in [7, 11) is 0. The topological polar surface area (TPSA) is 80.9 Å². The third-order valence-corrected chi connectivity index (χ3v) is 3.32. The quantitative estimate of drug-likeness (QED) is 0.912. The molecule has 94 valence electrons. The molecule has 18 heavy (non-hydrogen) atoms. The van der Waals surface area contributed by atoms with Crippen LogP contribution in [-0.4, -0.2) is 31.1 Å². The van der Waals surface area contributed by atoms with Gasteiger partial charge in [0.05, 0.1) is 17.6 Å². The number of nitrogens with zero attached hydrogens (tertiary/aromatic N) is 4. The molecule has 7 heteroatoms. The second-order valence-corrected chi connectivity index (χ2v) is 4.64. The number of aromatic carboxylic acids is 1. The van der Waals surface area contributed by atoms with Crippen molar-refractivity contribution in [2.75, 3.05) is 0 Å². The minimum absolute atomic E-state index is 0.230. The lowest BCUT2D eigenvalue weighted by Gasteiger charge is -1.97. The summed E-state index contributed by atoms with van der Waals surface area (Å²) in [4.78, 5) is 15.0. The van der Waals surface area contributed by atoms with E-state index in [1.54, 1.807) is 10.8 Å². The Labute approximate surface area is 108 Å². The average molecular weight is 264 g/mol. The van der Waals surface area contributed by atoms with E-state index in [1.165, 1.54) is 6.20 Å². The van der Waals surface area contributed by atoms with E-state index in [4.69, 9.17) is 5.11 Å². The summed E-state index contributed by atoms with van der Waals surface area (Å²) in [6.07, 6.45) is 4.98. The number of carboxylic acids is 1. The predicted molar refractivity (Wildman–Crippen MR) is 68.4 cm³/mol. The van der Waals surface area contributed by atoms with Gasteiger partial charge in [-0.15, -0.1) is 16.4 Å². The molecule has 0 atom stereocenters. The molecule has 0 aliphatic heterocycles. The SMILES string of the molecule is CCn1nnc(C)c1/C=C/c1ncc(C(=O)O)s1. The summed E-state index contributed by atoms with van der Waals surface area (Å²) in [5, 5.41) is 17.4. The van der Waals surface area contributed by atoms with Crippen molar-refractivity contribution in [3.8, 4) is 0 Å². The molecule has 0 unspecified atom stereocenters. The van der Waals surface area contributed by atoms with Crippen molar-refractivity contribution >= 4 is 29.5 Å². The molecule has 2 aromatic rings. The summed E-state index contributed by atoms with van der Waals surface area (Å²) in [6.45, 7) is 4.60. The molecular formula is C11H12N4O2S. The minimum atomic E-state index is -0.955. The largest absolute Gasteiger partial charge is 0.477 e. The third-order valence-electron chi connectivity index (χ3n) is 2.37. The fraction of sp³-hybridized carbons (Fsp3) is 0.273. The van der Waals surface area contributed by atoms with Crippen molar-refractivity contribution in [3.05, 3.63) is 27.5 Å². The van der Waals surface area contributed by atoms with E-state index < -0.39 is 5.97 Å². The number of carbonyl (C=O) groups is 1. The number of carboxylic acid groups (broad SMARTS) is 1. The lowest BCUT2D eigenvalue weighted by molar-refractivity contribution is 0.0702. The molecule has 2 heterocycles. The number of hydrogen-bond donors (Lipinski definition) is 1. The normalized spacial score (nSPS) is 11.2. The van der Waals surface area contributed by atoms with E-state index in [1.807, 2.05) is 19.9 Å². The predicted octanol–water partition coefficient (Wildman–Crippen LogP) is 1.93. The van der Waals surface area contributed by atoms with Crippen LogP contribution >= 0.6 is 11.3 Å². The zero-order chi connectivity index (χ0) is 13.1. The van der Waals surface area contributed by atoms with Crippen LogP contribution in [0.25, 0.3) is 12.2 Å². The lowest BCUT2D eigenvalue weighted by Crippen LogP contribution is -1.99. The fourth-order valence-electron chi connectivity index (χ4n) is 1.46. The minimum Gasteiger partial charge on any atom is -0.477 e. The van der Waals surface area contributed by atoms with Crippen LogP contribution in [0.3, 0.4) is 0 Å². The maximum absolute atomic E-state index is 10.7. The van der Waals surface area contributed by atoms with Crippen molar-refractivity contribution in [2.45, 2.75) is 20.4 Å². The van der Waals surface area contributed by atoms with Crippen LogP contribution in [0.4, 0.5) is 0 Å². The van der Waals surface area contributed by atoms with E-state index in [9.17, 15) is 4.79 Å². The monoisotopic (exact) mass is 264 g/mol. The Kier molecular flexibility index (Phi) is 3.52. The molecule has 1 N–H and O–H groups in total. The maximum atomic E-state index is 10.7. The molecule has 0 spiro atoms. The molecule has 6 nitrogen and oxygen atoms in total. The van der Waals surface area contributed by atoms with Crippen molar-refractivity contribution < 1.29 is 9.90 Å². The molecule has 0 aromatic carbocycles. The molecule has 2 rings (SSSR count). The van der Waals surface area contributed by atoms with E-state index in [0.29, 0.717) is 5.01 Å². The Hall–Kier alpha value is -2.02. The molecule has 0 saturated heterocycles. The summed E-state index contributed by atoms with van der Waals surface area (Å²) < 4.78 is 1.78. The number of rotatable bonds is 4.